The average Bonchev–Trinajstić information content (AvgIpc) is 2.68. The van der Waals surface area contributed by atoms with Crippen LogP contribution in [0.4, 0.5) is 5.69 Å². The highest BCUT2D eigenvalue weighted by molar-refractivity contribution is 6.33. The normalized spacial score (nSPS) is 18.9. The van der Waals surface area contributed by atoms with Gasteiger partial charge in [-0.25, -0.2) is 0 Å². The van der Waals surface area contributed by atoms with Gasteiger partial charge in [0.2, 0.25) is 5.91 Å². The van der Waals surface area contributed by atoms with E-state index in [9.17, 15) is 9.59 Å². The smallest absolute Gasteiger partial charge is 0.251 e. The molecule has 0 aliphatic carbocycles. The molecule has 1 unspecified atom stereocenters. The molecule has 6 heteroatoms. The molecular weight excluding hydrogens is 242 g/mol. The van der Waals surface area contributed by atoms with Gasteiger partial charge in [0.05, 0.1) is 16.8 Å². The van der Waals surface area contributed by atoms with E-state index < -0.39 is 0 Å². The molecule has 5 nitrogen and oxygen atoms in total. The van der Waals surface area contributed by atoms with Gasteiger partial charge >= 0.3 is 0 Å². The van der Waals surface area contributed by atoms with Crippen molar-refractivity contribution >= 4 is 29.1 Å². The van der Waals surface area contributed by atoms with E-state index in [0.29, 0.717) is 29.2 Å². The Morgan fingerprint density at radius 3 is 2.88 bits per heavy atom. The maximum atomic E-state index is 11.8. The number of rotatable bonds is 2. The van der Waals surface area contributed by atoms with Crippen molar-refractivity contribution in [3.05, 3.63) is 28.8 Å². The van der Waals surface area contributed by atoms with Crippen LogP contribution < -0.4 is 16.4 Å². The predicted octanol–water partition coefficient (Wildman–Crippen LogP) is 0.541. The first-order valence-corrected chi connectivity index (χ1v) is 5.56. The van der Waals surface area contributed by atoms with Crippen LogP contribution in [0.5, 0.6) is 0 Å². The van der Waals surface area contributed by atoms with Crippen molar-refractivity contribution < 1.29 is 9.59 Å². The lowest BCUT2D eigenvalue weighted by atomic mass is 10.1. The summed E-state index contributed by atoms with van der Waals surface area (Å²) in [5.74, 6) is -0.305. The molecule has 1 heterocycles. The van der Waals surface area contributed by atoms with E-state index in [1.807, 2.05) is 0 Å². The minimum atomic E-state index is -0.255. The van der Waals surface area contributed by atoms with Crippen molar-refractivity contribution in [2.24, 2.45) is 0 Å². The van der Waals surface area contributed by atoms with Crippen LogP contribution >= 0.6 is 11.6 Å². The van der Waals surface area contributed by atoms with Gasteiger partial charge in [-0.2, -0.15) is 0 Å². The Kier molecular flexibility index (Phi) is 3.19. The summed E-state index contributed by atoms with van der Waals surface area (Å²) in [4.78, 5) is 22.8. The van der Waals surface area contributed by atoms with Crippen LogP contribution in [0.15, 0.2) is 18.2 Å². The summed E-state index contributed by atoms with van der Waals surface area (Å²) in [5, 5.41) is 5.81. The molecule has 1 aromatic rings. The standard InChI is InChI=1S/C11H12ClN3O2/c12-8-2-1-6(3-9(8)13)11(17)15-7-4-10(16)14-5-7/h1-3,7H,4-5,13H2,(H,14,16)(H,15,17). The van der Waals surface area contributed by atoms with E-state index in [4.69, 9.17) is 17.3 Å². The van der Waals surface area contributed by atoms with Crippen LogP contribution in [0.1, 0.15) is 16.8 Å². The highest BCUT2D eigenvalue weighted by Gasteiger charge is 2.23. The molecule has 0 spiro atoms. The van der Waals surface area contributed by atoms with Gasteiger partial charge in [-0.1, -0.05) is 11.6 Å². The molecule has 0 radical (unpaired) electrons. The lowest BCUT2D eigenvalue weighted by Gasteiger charge is -2.10. The Labute approximate surface area is 103 Å². The maximum Gasteiger partial charge on any atom is 0.251 e. The topological polar surface area (TPSA) is 84.2 Å². The lowest BCUT2D eigenvalue weighted by Crippen LogP contribution is -2.36. The molecule has 90 valence electrons. The van der Waals surface area contributed by atoms with Crippen molar-refractivity contribution in [2.45, 2.75) is 12.5 Å². The molecule has 1 fully saturated rings. The summed E-state index contributed by atoms with van der Waals surface area (Å²) in [6.45, 7) is 0.466. The quantitative estimate of drug-likeness (QED) is 0.673. The zero-order chi connectivity index (χ0) is 12.4. The first-order valence-electron chi connectivity index (χ1n) is 5.19. The van der Waals surface area contributed by atoms with Crippen LogP contribution in [0.25, 0.3) is 0 Å². The second-order valence-corrected chi connectivity index (χ2v) is 4.32. The molecular formula is C11H12ClN3O2. The van der Waals surface area contributed by atoms with Gasteiger partial charge in [-0.15, -0.1) is 0 Å². The van der Waals surface area contributed by atoms with E-state index in [2.05, 4.69) is 10.6 Å². The first kappa shape index (κ1) is 11.7. The highest BCUT2D eigenvalue weighted by atomic mass is 35.5. The molecule has 1 aliphatic rings. The summed E-state index contributed by atoms with van der Waals surface area (Å²) in [6.07, 6.45) is 0.314. The van der Waals surface area contributed by atoms with Crippen molar-refractivity contribution in [2.75, 3.05) is 12.3 Å². The zero-order valence-electron chi connectivity index (χ0n) is 9.00. The third-order valence-electron chi connectivity index (χ3n) is 2.57. The molecule has 0 saturated carbocycles. The molecule has 0 aromatic heterocycles. The van der Waals surface area contributed by atoms with Crippen LogP contribution in [0.3, 0.4) is 0 Å². The summed E-state index contributed by atoms with van der Waals surface area (Å²) >= 11 is 5.76. The maximum absolute atomic E-state index is 11.8. The summed E-state index contributed by atoms with van der Waals surface area (Å²) in [6, 6.07) is 4.52. The molecule has 17 heavy (non-hydrogen) atoms. The van der Waals surface area contributed by atoms with Crippen LogP contribution in [-0.2, 0) is 4.79 Å². The van der Waals surface area contributed by atoms with E-state index in [1.54, 1.807) is 12.1 Å². The monoisotopic (exact) mass is 253 g/mol. The Hall–Kier alpha value is -1.75. The van der Waals surface area contributed by atoms with Gasteiger partial charge in [-0.05, 0) is 18.2 Å². The van der Waals surface area contributed by atoms with E-state index >= 15 is 0 Å². The predicted molar refractivity (Wildman–Crippen MR) is 64.7 cm³/mol. The minimum Gasteiger partial charge on any atom is -0.398 e. The fourth-order valence-corrected chi connectivity index (χ4v) is 1.78. The van der Waals surface area contributed by atoms with Crippen molar-refractivity contribution in [1.29, 1.82) is 0 Å². The van der Waals surface area contributed by atoms with E-state index in [1.165, 1.54) is 6.07 Å². The second kappa shape index (κ2) is 4.63. The molecule has 0 bridgehead atoms. The number of carbonyl (C=O) groups excluding carboxylic acids is 2. The van der Waals surface area contributed by atoms with Gasteiger partial charge in [0.25, 0.3) is 5.91 Å². The molecule has 4 N–H and O–H groups in total. The number of nitrogens with two attached hydrogens (primary N) is 1. The number of nitrogens with one attached hydrogen (secondary N) is 2. The molecule has 1 saturated heterocycles. The number of carbonyl (C=O) groups is 2. The number of nitrogen functional groups attached to an aromatic ring is 1. The molecule has 1 aromatic carbocycles. The third-order valence-corrected chi connectivity index (χ3v) is 2.92. The molecule has 2 rings (SSSR count). The third kappa shape index (κ3) is 2.68. The Bertz CT molecular complexity index is 476. The largest absolute Gasteiger partial charge is 0.398 e. The van der Waals surface area contributed by atoms with E-state index in [0.717, 1.165) is 0 Å². The average molecular weight is 254 g/mol. The van der Waals surface area contributed by atoms with Gasteiger partial charge in [-0.3, -0.25) is 9.59 Å². The van der Waals surface area contributed by atoms with Crippen molar-refractivity contribution in [1.82, 2.24) is 10.6 Å². The molecule has 2 amide bonds. The summed E-state index contributed by atoms with van der Waals surface area (Å²) < 4.78 is 0. The number of amides is 2. The van der Waals surface area contributed by atoms with Crippen LogP contribution in [0.2, 0.25) is 5.02 Å². The number of anilines is 1. The van der Waals surface area contributed by atoms with Gasteiger partial charge < -0.3 is 16.4 Å². The van der Waals surface area contributed by atoms with Crippen molar-refractivity contribution in [3.8, 4) is 0 Å². The minimum absolute atomic E-state index is 0.0501. The van der Waals surface area contributed by atoms with Crippen LogP contribution in [-0.4, -0.2) is 24.4 Å². The molecule has 1 atom stereocenters. The Morgan fingerprint density at radius 2 is 2.29 bits per heavy atom. The second-order valence-electron chi connectivity index (χ2n) is 3.91. The van der Waals surface area contributed by atoms with E-state index in [-0.39, 0.29) is 17.9 Å². The van der Waals surface area contributed by atoms with Crippen molar-refractivity contribution in [3.63, 3.8) is 0 Å². The summed E-state index contributed by atoms with van der Waals surface area (Å²) in [5.41, 5.74) is 6.41. The zero-order valence-corrected chi connectivity index (χ0v) is 9.75. The van der Waals surface area contributed by atoms with Gasteiger partial charge in [0, 0.05) is 18.5 Å². The number of benzene rings is 1. The fourth-order valence-electron chi connectivity index (χ4n) is 1.66. The first-order chi connectivity index (χ1) is 8.06. The Balaban J connectivity index is 2.04. The Morgan fingerprint density at radius 1 is 1.53 bits per heavy atom. The fraction of sp³-hybridized carbons (Fsp3) is 0.273. The van der Waals surface area contributed by atoms with Gasteiger partial charge in [0.1, 0.15) is 0 Å². The van der Waals surface area contributed by atoms with Crippen LogP contribution in [0, 0.1) is 0 Å². The highest BCUT2D eigenvalue weighted by Crippen LogP contribution is 2.19. The lowest BCUT2D eigenvalue weighted by molar-refractivity contribution is -0.119. The number of hydrogen-bond acceptors (Lipinski definition) is 3. The SMILES string of the molecule is Nc1cc(C(=O)NC2CNC(=O)C2)ccc1Cl. The summed E-state index contributed by atoms with van der Waals surface area (Å²) in [7, 11) is 0. The van der Waals surface area contributed by atoms with Gasteiger partial charge in [0.15, 0.2) is 0 Å². The number of hydrogen-bond donors (Lipinski definition) is 3. The number of halogens is 1. The molecule has 1 aliphatic heterocycles.